The van der Waals surface area contributed by atoms with Crippen molar-refractivity contribution in [3.05, 3.63) is 0 Å². The van der Waals surface area contributed by atoms with E-state index in [1.54, 1.807) is 0 Å². The average molecular weight is 258 g/mol. The van der Waals surface area contributed by atoms with Crippen LogP contribution in [0.25, 0.3) is 0 Å². The Bertz CT molecular complexity index is 200. The molecular weight excluding hydrogens is 228 g/mol. The van der Waals surface area contributed by atoms with E-state index in [1.165, 1.54) is 25.9 Å². The van der Waals surface area contributed by atoms with Crippen molar-refractivity contribution >= 4 is 0 Å². The Morgan fingerprint density at radius 1 is 1.17 bits per heavy atom. The Labute approximate surface area is 112 Å². The summed E-state index contributed by atoms with van der Waals surface area (Å²) in [5.41, 5.74) is 0. The minimum atomic E-state index is -0.0729. The van der Waals surface area contributed by atoms with E-state index in [0.717, 1.165) is 19.0 Å². The van der Waals surface area contributed by atoms with Crippen LogP contribution in [0.2, 0.25) is 0 Å². The zero-order chi connectivity index (χ0) is 13.4. The second-order valence-electron chi connectivity index (χ2n) is 5.31. The summed E-state index contributed by atoms with van der Waals surface area (Å²) in [6, 6.07) is 0. The molecule has 0 bridgehead atoms. The summed E-state index contributed by atoms with van der Waals surface area (Å²) < 4.78 is 11.2. The molecule has 0 saturated carbocycles. The number of ether oxygens (including phenoxy) is 2. The van der Waals surface area contributed by atoms with Crippen molar-refractivity contribution in [2.45, 2.75) is 33.0 Å². The summed E-state index contributed by atoms with van der Waals surface area (Å²) >= 11 is 0. The molecule has 0 aromatic rings. The minimum Gasteiger partial charge on any atom is -0.352 e. The molecule has 1 heterocycles. The van der Waals surface area contributed by atoms with Gasteiger partial charge in [0, 0.05) is 26.3 Å². The number of likely N-dealkylation sites (N-methyl/N-ethyl adjacent to an activating group) is 1. The van der Waals surface area contributed by atoms with Gasteiger partial charge in [-0.3, -0.25) is 0 Å². The van der Waals surface area contributed by atoms with Crippen molar-refractivity contribution in [2.24, 2.45) is 5.92 Å². The molecule has 1 rings (SSSR count). The maximum absolute atomic E-state index is 5.59. The summed E-state index contributed by atoms with van der Waals surface area (Å²) in [5, 5.41) is 0. The first-order valence-electron chi connectivity index (χ1n) is 7.26. The zero-order valence-corrected chi connectivity index (χ0v) is 12.5. The first-order valence-corrected chi connectivity index (χ1v) is 7.26. The lowest BCUT2D eigenvalue weighted by Gasteiger charge is -2.32. The van der Waals surface area contributed by atoms with Gasteiger partial charge in [0.15, 0.2) is 6.29 Å². The van der Waals surface area contributed by atoms with E-state index in [2.05, 4.69) is 23.9 Å². The van der Waals surface area contributed by atoms with Crippen molar-refractivity contribution in [1.82, 2.24) is 9.80 Å². The topological polar surface area (TPSA) is 24.9 Å². The van der Waals surface area contributed by atoms with Gasteiger partial charge in [-0.25, -0.2) is 0 Å². The van der Waals surface area contributed by atoms with Gasteiger partial charge in [0.2, 0.25) is 0 Å². The smallest absolute Gasteiger partial charge is 0.170 e. The highest BCUT2D eigenvalue weighted by atomic mass is 16.7. The van der Waals surface area contributed by atoms with Crippen LogP contribution >= 0.6 is 0 Å². The Morgan fingerprint density at radius 3 is 2.22 bits per heavy atom. The molecule has 1 fully saturated rings. The standard InChI is InChI=1S/C14H30N2O2/c1-5-17-14(18-6-2)12-16(4)11-13-7-9-15(3)10-8-13/h13-14H,5-12H2,1-4H3. The van der Waals surface area contributed by atoms with E-state index in [-0.39, 0.29) is 6.29 Å². The first-order chi connectivity index (χ1) is 8.65. The number of hydrogen-bond donors (Lipinski definition) is 0. The summed E-state index contributed by atoms with van der Waals surface area (Å²) in [7, 11) is 4.38. The first kappa shape index (κ1) is 15.9. The normalized spacial score (nSPS) is 19.0. The SMILES string of the molecule is CCOC(CN(C)CC1CCN(C)CC1)OCC. The highest BCUT2D eigenvalue weighted by molar-refractivity contribution is 4.72. The Hall–Kier alpha value is -0.160. The largest absolute Gasteiger partial charge is 0.352 e. The van der Waals surface area contributed by atoms with Crippen LogP contribution in [-0.4, -0.2) is 69.6 Å². The van der Waals surface area contributed by atoms with Crippen LogP contribution in [0.3, 0.4) is 0 Å². The number of hydrogen-bond acceptors (Lipinski definition) is 4. The van der Waals surface area contributed by atoms with E-state index in [4.69, 9.17) is 9.47 Å². The van der Waals surface area contributed by atoms with E-state index < -0.39 is 0 Å². The van der Waals surface area contributed by atoms with E-state index >= 15 is 0 Å². The maximum Gasteiger partial charge on any atom is 0.170 e. The van der Waals surface area contributed by atoms with Gasteiger partial charge in [-0.05, 0) is 59.8 Å². The Kier molecular flexibility index (Phi) is 7.82. The quantitative estimate of drug-likeness (QED) is 0.618. The molecule has 0 radical (unpaired) electrons. The van der Waals surface area contributed by atoms with Gasteiger partial charge in [-0.1, -0.05) is 0 Å². The molecule has 0 amide bonds. The molecule has 18 heavy (non-hydrogen) atoms. The predicted molar refractivity (Wildman–Crippen MR) is 74.8 cm³/mol. The van der Waals surface area contributed by atoms with Crippen molar-refractivity contribution in [1.29, 1.82) is 0 Å². The van der Waals surface area contributed by atoms with Gasteiger partial charge in [-0.15, -0.1) is 0 Å². The zero-order valence-electron chi connectivity index (χ0n) is 12.5. The van der Waals surface area contributed by atoms with E-state index in [1.807, 2.05) is 13.8 Å². The van der Waals surface area contributed by atoms with Crippen LogP contribution in [0.15, 0.2) is 0 Å². The molecule has 4 heteroatoms. The summed E-state index contributed by atoms with van der Waals surface area (Å²) in [6.45, 7) is 9.96. The van der Waals surface area contributed by atoms with E-state index in [0.29, 0.717) is 13.2 Å². The lowest BCUT2D eigenvalue weighted by molar-refractivity contribution is -0.146. The van der Waals surface area contributed by atoms with Crippen LogP contribution in [0.5, 0.6) is 0 Å². The summed E-state index contributed by atoms with van der Waals surface area (Å²) in [4.78, 5) is 4.77. The fraction of sp³-hybridized carbons (Fsp3) is 1.00. The molecule has 1 saturated heterocycles. The van der Waals surface area contributed by atoms with Crippen molar-refractivity contribution < 1.29 is 9.47 Å². The second kappa shape index (κ2) is 8.86. The van der Waals surface area contributed by atoms with Gasteiger partial charge in [0.05, 0.1) is 0 Å². The molecule has 0 aromatic heterocycles. The third-order valence-corrected chi connectivity index (χ3v) is 3.57. The van der Waals surface area contributed by atoms with Gasteiger partial charge >= 0.3 is 0 Å². The van der Waals surface area contributed by atoms with Crippen LogP contribution < -0.4 is 0 Å². The fourth-order valence-electron chi connectivity index (χ4n) is 2.54. The van der Waals surface area contributed by atoms with Crippen molar-refractivity contribution in [2.75, 3.05) is 53.5 Å². The third kappa shape index (κ3) is 6.14. The van der Waals surface area contributed by atoms with Crippen LogP contribution in [0, 0.1) is 5.92 Å². The van der Waals surface area contributed by atoms with Gasteiger partial charge < -0.3 is 19.3 Å². The molecule has 0 aromatic carbocycles. The fourth-order valence-corrected chi connectivity index (χ4v) is 2.54. The van der Waals surface area contributed by atoms with E-state index in [9.17, 15) is 0 Å². The predicted octanol–water partition coefficient (Wildman–Crippen LogP) is 1.66. The number of likely N-dealkylation sites (tertiary alicyclic amines) is 1. The van der Waals surface area contributed by atoms with Crippen LogP contribution in [-0.2, 0) is 9.47 Å². The molecule has 0 aliphatic carbocycles. The molecule has 4 nitrogen and oxygen atoms in total. The van der Waals surface area contributed by atoms with Crippen molar-refractivity contribution in [3.8, 4) is 0 Å². The van der Waals surface area contributed by atoms with Gasteiger partial charge in [0.25, 0.3) is 0 Å². The monoisotopic (exact) mass is 258 g/mol. The van der Waals surface area contributed by atoms with Crippen LogP contribution in [0.1, 0.15) is 26.7 Å². The highest BCUT2D eigenvalue weighted by Gasteiger charge is 2.19. The molecule has 108 valence electrons. The maximum atomic E-state index is 5.59. The third-order valence-electron chi connectivity index (χ3n) is 3.57. The lowest BCUT2D eigenvalue weighted by atomic mass is 9.97. The second-order valence-corrected chi connectivity index (χ2v) is 5.31. The average Bonchev–Trinajstić information content (AvgIpc) is 2.33. The Morgan fingerprint density at radius 2 is 1.72 bits per heavy atom. The number of piperidine rings is 1. The van der Waals surface area contributed by atoms with Gasteiger partial charge in [0.1, 0.15) is 0 Å². The number of rotatable bonds is 8. The molecule has 1 aliphatic rings. The van der Waals surface area contributed by atoms with Crippen molar-refractivity contribution in [3.63, 3.8) is 0 Å². The summed E-state index contributed by atoms with van der Waals surface area (Å²) in [6.07, 6.45) is 2.56. The molecule has 0 spiro atoms. The van der Waals surface area contributed by atoms with Gasteiger partial charge in [-0.2, -0.15) is 0 Å². The molecule has 1 aliphatic heterocycles. The van der Waals surface area contributed by atoms with Crippen LogP contribution in [0.4, 0.5) is 0 Å². The minimum absolute atomic E-state index is 0.0729. The number of nitrogens with zero attached hydrogens (tertiary/aromatic N) is 2. The summed E-state index contributed by atoms with van der Waals surface area (Å²) in [5.74, 6) is 0.829. The Balaban J connectivity index is 2.24. The molecular formula is C14H30N2O2. The molecule has 0 unspecified atom stereocenters. The highest BCUT2D eigenvalue weighted by Crippen LogP contribution is 2.17. The molecule has 0 atom stereocenters. The lowest BCUT2D eigenvalue weighted by Crippen LogP contribution is -2.39. The molecule has 0 N–H and O–H groups in total.